The van der Waals surface area contributed by atoms with Crippen molar-refractivity contribution in [1.29, 1.82) is 0 Å². The molecule has 3 heterocycles. The average molecular weight is 867 g/mol. The number of fused-ring (bicyclic) bond motifs is 10. The van der Waals surface area contributed by atoms with E-state index in [1.165, 1.54) is 32.3 Å². The van der Waals surface area contributed by atoms with Crippen LogP contribution in [0.2, 0.25) is 0 Å². The molecule has 0 unspecified atom stereocenters. The molecule has 5 heteroatoms. The van der Waals surface area contributed by atoms with Crippen molar-refractivity contribution in [2.24, 2.45) is 0 Å². The monoisotopic (exact) mass is 866 g/mol. The molecule has 0 aliphatic carbocycles. The van der Waals surface area contributed by atoms with Gasteiger partial charge in [-0.15, -0.1) is 0 Å². The highest BCUT2D eigenvalue weighted by Gasteiger charge is 2.25. The van der Waals surface area contributed by atoms with Crippen LogP contribution in [0.1, 0.15) is 0 Å². The van der Waals surface area contributed by atoms with Crippen LogP contribution in [0, 0.1) is 0 Å². The number of para-hydroxylation sites is 1. The second kappa shape index (κ2) is 15.2. The third-order valence-electron chi connectivity index (χ3n) is 13.6. The van der Waals surface area contributed by atoms with Crippen LogP contribution in [0.4, 0.5) is 0 Å². The molecule has 3 aromatic heterocycles. The van der Waals surface area contributed by atoms with Crippen LogP contribution in [-0.4, -0.2) is 19.5 Å². The molecule has 14 aromatic rings. The van der Waals surface area contributed by atoms with Crippen molar-refractivity contribution in [1.82, 2.24) is 19.5 Å². The Bertz CT molecular complexity index is 4320. The van der Waals surface area contributed by atoms with Crippen LogP contribution in [0.3, 0.4) is 0 Å². The second-order valence-electron chi connectivity index (χ2n) is 17.5. The summed E-state index contributed by atoms with van der Waals surface area (Å²) < 4.78 is 8.90. The maximum Gasteiger partial charge on any atom is 0.164 e. The average Bonchev–Trinajstić information content (AvgIpc) is 3.95. The van der Waals surface area contributed by atoms with E-state index >= 15 is 0 Å². The summed E-state index contributed by atoms with van der Waals surface area (Å²) in [6, 6.07) is 81.9. The molecular weight excluding hydrogens is 829 g/mol. The van der Waals surface area contributed by atoms with Crippen molar-refractivity contribution in [2.45, 2.75) is 0 Å². The zero-order valence-corrected chi connectivity index (χ0v) is 36.6. The van der Waals surface area contributed by atoms with Gasteiger partial charge in [0.25, 0.3) is 0 Å². The highest BCUT2D eigenvalue weighted by molar-refractivity contribution is 6.24. The van der Waals surface area contributed by atoms with Gasteiger partial charge in [-0.25, -0.2) is 15.0 Å². The van der Waals surface area contributed by atoms with Crippen molar-refractivity contribution in [2.75, 3.05) is 0 Å². The van der Waals surface area contributed by atoms with Crippen LogP contribution in [0.5, 0.6) is 0 Å². The Balaban J connectivity index is 1.12. The number of rotatable bonds is 6. The van der Waals surface area contributed by atoms with E-state index in [0.717, 1.165) is 88.4 Å². The highest BCUT2D eigenvalue weighted by Crippen LogP contribution is 2.46. The Morgan fingerprint density at radius 1 is 0.294 bits per heavy atom. The summed E-state index contributed by atoms with van der Waals surface area (Å²) in [5.41, 5.74) is 12.1. The lowest BCUT2D eigenvalue weighted by Crippen LogP contribution is -2.04. The van der Waals surface area contributed by atoms with Crippen LogP contribution in [-0.2, 0) is 0 Å². The van der Waals surface area contributed by atoms with Crippen LogP contribution < -0.4 is 0 Å². The Hall–Kier alpha value is -9.19. The number of nitrogens with zero attached hydrogens (tertiary/aromatic N) is 4. The summed E-state index contributed by atoms with van der Waals surface area (Å²) in [5.74, 6) is 1.76. The van der Waals surface area contributed by atoms with Crippen molar-refractivity contribution >= 4 is 76.1 Å². The fourth-order valence-electron chi connectivity index (χ4n) is 10.5. The Morgan fingerprint density at radius 2 is 0.882 bits per heavy atom. The Labute approximate surface area is 390 Å². The van der Waals surface area contributed by atoms with E-state index < -0.39 is 0 Å². The van der Waals surface area contributed by atoms with Crippen LogP contribution in [0.15, 0.2) is 235 Å². The molecule has 0 spiro atoms. The highest BCUT2D eigenvalue weighted by atomic mass is 16.3. The standard InChI is InChI=1S/C63H38N4O/c1-3-17-39(18-4-1)42-24-15-25-45(35-42)51-38-52(63-65-61(41-20-5-2-6-21-41)64-62(66-63)50-30-16-32-57-59(50)49-29-13-14-31-56(49)68-57)47-27-11-12-28-48(47)60(51)67-54-34-33-40-19-9-10-26-46(40)58(54)53-36-43-22-7-8-23-44(43)37-55(53)67/h1-38H. The lowest BCUT2D eigenvalue weighted by Gasteiger charge is -2.20. The van der Waals surface area contributed by atoms with E-state index in [2.05, 4.69) is 187 Å². The smallest absolute Gasteiger partial charge is 0.164 e. The Kier molecular flexibility index (Phi) is 8.52. The van der Waals surface area contributed by atoms with Crippen molar-refractivity contribution in [3.05, 3.63) is 231 Å². The largest absolute Gasteiger partial charge is 0.456 e. The zero-order chi connectivity index (χ0) is 44.7. The maximum absolute atomic E-state index is 6.39. The summed E-state index contributed by atoms with van der Waals surface area (Å²) in [5, 5.41) is 11.4. The first kappa shape index (κ1) is 38.1. The second-order valence-corrected chi connectivity index (χ2v) is 17.5. The predicted octanol–water partition coefficient (Wildman–Crippen LogP) is 16.7. The third-order valence-corrected chi connectivity index (χ3v) is 13.6. The topological polar surface area (TPSA) is 56.7 Å². The minimum absolute atomic E-state index is 0.577. The molecule has 5 nitrogen and oxygen atoms in total. The van der Waals surface area contributed by atoms with Gasteiger partial charge in [0.2, 0.25) is 0 Å². The van der Waals surface area contributed by atoms with Crippen molar-refractivity contribution in [3.63, 3.8) is 0 Å². The Morgan fingerprint density at radius 3 is 1.69 bits per heavy atom. The minimum Gasteiger partial charge on any atom is -0.456 e. The summed E-state index contributed by atoms with van der Waals surface area (Å²) in [6.45, 7) is 0. The van der Waals surface area contributed by atoms with Gasteiger partial charge in [-0.3, -0.25) is 0 Å². The summed E-state index contributed by atoms with van der Waals surface area (Å²) in [6.07, 6.45) is 0. The molecule has 14 rings (SSSR count). The molecule has 0 saturated carbocycles. The van der Waals surface area contributed by atoms with Crippen molar-refractivity contribution in [3.8, 4) is 62.1 Å². The van der Waals surface area contributed by atoms with E-state index in [1.807, 2.05) is 48.5 Å². The van der Waals surface area contributed by atoms with Gasteiger partial charge in [0.15, 0.2) is 17.5 Å². The van der Waals surface area contributed by atoms with Gasteiger partial charge < -0.3 is 8.98 Å². The number of aromatic nitrogens is 4. The fraction of sp³-hybridized carbons (Fsp3) is 0. The van der Waals surface area contributed by atoms with Gasteiger partial charge in [-0.05, 0) is 86.1 Å². The van der Waals surface area contributed by atoms with E-state index in [0.29, 0.717) is 17.5 Å². The molecule has 0 atom stereocenters. The third kappa shape index (κ3) is 5.99. The van der Waals surface area contributed by atoms with Crippen LogP contribution in [0.25, 0.3) is 138 Å². The molecule has 316 valence electrons. The number of benzene rings is 11. The van der Waals surface area contributed by atoms with Gasteiger partial charge in [0.05, 0.1) is 16.7 Å². The normalized spacial score (nSPS) is 11.8. The van der Waals surface area contributed by atoms with Gasteiger partial charge in [0, 0.05) is 49.2 Å². The number of hydrogen-bond donors (Lipinski definition) is 0. The van der Waals surface area contributed by atoms with E-state index in [9.17, 15) is 0 Å². The summed E-state index contributed by atoms with van der Waals surface area (Å²) >= 11 is 0. The van der Waals surface area contributed by atoms with E-state index in [4.69, 9.17) is 19.4 Å². The molecule has 0 aliphatic rings. The SMILES string of the molecule is c1ccc(-c2cccc(-c3cc(-c4nc(-c5ccccc5)nc(-c5cccc6oc7ccccc7c56)n4)c4ccccc4c3-n3c4cc5ccccc5cc4c4c5ccccc5ccc43)c2)cc1. The van der Waals surface area contributed by atoms with Gasteiger partial charge in [0.1, 0.15) is 11.2 Å². The molecule has 0 fully saturated rings. The molecule has 11 aromatic carbocycles. The number of furan rings is 1. The number of hydrogen-bond acceptors (Lipinski definition) is 4. The molecule has 0 bridgehead atoms. The molecule has 0 radical (unpaired) electrons. The molecule has 0 saturated heterocycles. The first-order valence-electron chi connectivity index (χ1n) is 23.0. The quantitative estimate of drug-likeness (QED) is 0.167. The molecular formula is C63H38N4O. The van der Waals surface area contributed by atoms with E-state index in [1.54, 1.807) is 0 Å². The minimum atomic E-state index is 0.577. The molecule has 68 heavy (non-hydrogen) atoms. The first-order chi connectivity index (χ1) is 33.7. The van der Waals surface area contributed by atoms with Crippen LogP contribution >= 0.6 is 0 Å². The molecule has 0 aliphatic heterocycles. The first-order valence-corrected chi connectivity index (χ1v) is 23.0. The summed E-state index contributed by atoms with van der Waals surface area (Å²) in [4.78, 5) is 16.1. The maximum atomic E-state index is 6.39. The predicted molar refractivity (Wildman–Crippen MR) is 281 cm³/mol. The molecule has 0 N–H and O–H groups in total. The lowest BCUT2D eigenvalue weighted by molar-refractivity contribution is 0.669. The lowest BCUT2D eigenvalue weighted by atomic mass is 9.91. The van der Waals surface area contributed by atoms with Gasteiger partial charge >= 0.3 is 0 Å². The molecule has 0 amide bonds. The zero-order valence-electron chi connectivity index (χ0n) is 36.6. The van der Waals surface area contributed by atoms with E-state index in [-0.39, 0.29) is 0 Å². The van der Waals surface area contributed by atoms with Gasteiger partial charge in [-0.2, -0.15) is 0 Å². The van der Waals surface area contributed by atoms with Gasteiger partial charge in [-0.1, -0.05) is 188 Å². The van der Waals surface area contributed by atoms with Crippen molar-refractivity contribution < 1.29 is 4.42 Å². The summed E-state index contributed by atoms with van der Waals surface area (Å²) in [7, 11) is 0. The fourth-order valence-corrected chi connectivity index (χ4v) is 10.5.